The lowest BCUT2D eigenvalue weighted by atomic mass is 9.75. The van der Waals surface area contributed by atoms with Gasteiger partial charge in [0.2, 0.25) is 0 Å². The number of rotatable bonds is 5. The minimum atomic E-state index is -0.382. The highest BCUT2D eigenvalue weighted by molar-refractivity contribution is 5.69. The summed E-state index contributed by atoms with van der Waals surface area (Å²) in [6.45, 7) is 9.44. The van der Waals surface area contributed by atoms with Gasteiger partial charge in [0, 0.05) is 37.8 Å². The maximum Gasteiger partial charge on any atom is 0.306 e. The third-order valence-corrected chi connectivity index (χ3v) is 5.39. The van der Waals surface area contributed by atoms with E-state index in [2.05, 4.69) is 57.0 Å². The predicted octanol–water partition coefficient (Wildman–Crippen LogP) is 3.84. The molecule has 1 saturated heterocycles. The molecule has 0 N–H and O–H groups in total. The fourth-order valence-corrected chi connectivity index (χ4v) is 3.60. The normalized spacial score (nSPS) is 28.6. The molecule has 3 atom stereocenters. The Bertz CT molecular complexity index is 525. The number of aryl methyl sites for hydroxylation is 1. The highest BCUT2D eigenvalue weighted by atomic mass is 16.6. The van der Waals surface area contributed by atoms with Crippen LogP contribution in [-0.4, -0.2) is 36.1 Å². The maximum atomic E-state index is 12.1. The molecule has 1 aromatic carbocycles. The predicted molar refractivity (Wildman–Crippen MR) is 94.5 cm³/mol. The van der Waals surface area contributed by atoms with Gasteiger partial charge in [0.25, 0.3) is 0 Å². The molecule has 1 aliphatic heterocycles. The Morgan fingerprint density at radius 1 is 1.22 bits per heavy atom. The number of hydrogen-bond acceptors (Lipinski definition) is 3. The summed E-state index contributed by atoms with van der Waals surface area (Å²) in [5, 5.41) is 0. The molecule has 1 aliphatic rings. The van der Waals surface area contributed by atoms with Crippen LogP contribution in [-0.2, 0) is 22.4 Å². The summed E-state index contributed by atoms with van der Waals surface area (Å²) in [5.74, 6) is 0.240. The second kappa shape index (κ2) is 7.48. The van der Waals surface area contributed by atoms with Crippen molar-refractivity contribution >= 4 is 5.97 Å². The van der Waals surface area contributed by atoms with Crippen molar-refractivity contribution in [1.82, 2.24) is 4.90 Å². The molecule has 2 rings (SSSR count). The molecule has 0 unspecified atom stereocenters. The molecule has 0 amide bonds. The number of ether oxygens (including phenoxy) is 1. The molecular weight excluding hydrogens is 286 g/mol. The van der Waals surface area contributed by atoms with Gasteiger partial charge in [-0.15, -0.1) is 0 Å². The van der Waals surface area contributed by atoms with Gasteiger partial charge in [0.15, 0.2) is 0 Å². The van der Waals surface area contributed by atoms with Gasteiger partial charge in [-0.2, -0.15) is 0 Å². The first-order valence-electron chi connectivity index (χ1n) is 8.90. The highest BCUT2D eigenvalue weighted by Crippen LogP contribution is 2.37. The molecule has 128 valence electrons. The molecule has 1 fully saturated rings. The first-order valence-corrected chi connectivity index (χ1v) is 8.90. The van der Waals surface area contributed by atoms with E-state index >= 15 is 0 Å². The monoisotopic (exact) mass is 317 g/mol. The Labute approximate surface area is 141 Å². The van der Waals surface area contributed by atoms with Crippen molar-refractivity contribution in [3.8, 4) is 0 Å². The van der Waals surface area contributed by atoms with Crippen molar-refractivity contribution in [2.75, 3.05) is 13.6 Å². The lowest BCUT2D eigenvalue weighted by Gasteiger charge is -2.48. The summed E-state index contributed by atoms with van der Waals surface area (Å²) >= 11 is 0. The fraction of sp³-hybridized carbons (Fsp3) is 0.650. The van der Waals surface area contributed by atoms with Crippen LogP contribution in [0.2, 0.25) is 0 Å². The molecular formula is C20H31NO2. The standard InChI is InChI=1S/C20H31NO2/c1-6-17-8-10-18(11-9-17)13-20(23-19(22)7-2)12-16(4)21(5)14-15(20)3/h8-11,15-16H,6-7,12-14H2,1-5H3/t15-,16-,20-/m0/s1. The molecule has 0 aromatic heterocycles. The molecule has 0 radical (unpaired) electrons. The van der Waals surface area contributed by atoms with E-state index in [1.807, 2.05) is 6.92 Å². The van der Waals surface area contributed by atoms with Crippen molar-refractivity contribution in [2.24, 2.45) is 5.92 Å². The average Bonchev–Trinajstić information content (AvgIpc) is 2.53. The van der Waals surface area contributed by atoms with Gasteiger partial charge in [0.1, 0.15) is 5.60 Å². The third kappa shape index (κ3) is 4.14. The fourth-order valence-electron chi connectivity index (χ4n) is 3.60. The van der Waals surface area contributed by atoms with E-state index in [0.717, 1.165) is 25.8 Å². The zero-order valence-electron chi connectivity index (χ0n) is 15.3. The SMILES string of the molecule is CCC(=O)O[C@]1(Cc2ccc(CC)cc2)C[C@H](C)N(C)C[C@@H]1C. The third-order valence-electron chi connectivity index (χ3n) is 5.39. The Balaban J connectivity index is 2.27. The molecule has 0 spiro atoms. The van der Waals surface area contributed by atoms with E-state index in [1.165, 1.54) is 11.1 Å². The van der Waals surface area contributed by atoms with Gasteiger partial charge in [0.05, 0.1) is 0 Å². The molecule has 1 aromatic rings. The Morgan fingerprint density at radius 2 is 1.83 bits per heavy atom. The van der Waals surface area contributed by atoms with Crippen LogP contribution in [0.4, 0.5) is 0 Å². The summed E-state index contributed by atoms with van der Waals surface area (Å²) < 4.78 is 6.05. The number of carbonyl (C=O) groups excluding carboxylic acids is 1. The zero-order valence-corrected chi connectivity index (χ0v) is 15.3. The number of esters is 1. The number of likely N-dealkylation sites (tertiary alicyclic amines) is 1. The summed E-state index contributed by atoms with van der Waals surface area (Å²) in [4.78, 5) is 14.4. The van der Waals surface area contributed by atoms with Gasteiger partial charge in [-0.25, -0.2) is 0 Å². The summed E-state index contributed by atoms with van der Waals surface area (Å²) in [6.07, 6.45) is 3.19. The van der Waals surface area contributed by atoms with Gasteiger partial charge in [-0.3, -0.25) is 4.79 Å². The molecule has 0 saturated carbocycles. The van der Waals surface area contributed by atoms with Crippen molar-refractivity contribution in [1.29, 1.82) is 0 Å². The molecule has 1 heterocycles. The minimum Gasteiger partial charge on any atom is -0.458 e. The van der Waals surface area contributed by atoms with Gasteiger partial charge < -0.3 is 9.64 Å². The van der Waals surface area contributed by atoms with E-state index in [9.17, 15) is 4.79 Å². The highest BCUT2D eigenvalue weighted by Gasteiger charge is 2.45. The Kier molecular flexibility index (Phi) is 5.85. The number of piperidine rings is 1. The lowest BCUT2D eigenvalue weighted by Crippen LogP contribution is -2.56. The topological polar surface area (TPSA) is 29.5 Å². The second-order valence-electron chi connectivity index (χ2n) is 7.13. The Morgan fingerprint density at radius 3 is 2.39 bits per heavy atom. The van der Waals surface area contributed by atoms with Crippen LogP contribution in [0, 0.1) is 5.92 Å². The van der Waals surface area contributed by atoms with Gasteiger partial charge in [-0.05, 0) is 31.5 Å². The van der Waals surface area contributed by atoms with Crippen molar-refractivity contribution in [2.45, 2.75) is 65.0 Å². The number of carbonyl (C=O) groups is 1. The second-order valence-corrected chi connectivity index (χ2v) is 7.13. The molecule has 0 bridgehead atoms. The van der Waals surface area contributed by atoms with Crippen LogP contribution in [0.3, 0.4) is 0 Å². The van der Waals surface area contributed by atoms with Crippen molar-refractivity contribution in [3.05, 3.63) is 35.4 Å². The Hall–Kier alpha value is -1.35. The van der Waals surface area contributed by atoms with E-state index < -0.39 is 0 Å². The van der Waals surface area contributed by atoms with Crippen LogP contribution >= 0.6 is 0 Å². The quantitative estimate of drug-likeness (QED) is 0.773. The largest absolute Gasteiger partial charge is 0.458 e. The van der Waals surface area contributed by atoms with Crippen LogP contribution in [0.15, 0.2) is 24.3 Å². The van der Waals surface area contributed by atoms with Crippen LogP contribution in [0.5, 0.6) is 0 Å². The van der Waals surface area contributed by atoms with E-state index in [4.69, 9.17) is 4.74 Å². The number of benzene rings is 1. The molecule has 3 heteroatoms. The van der Waals surface area contributed by atoms with E-state index in [-0.39, 0.29) is 11.6 Å². The summed E-state index contributed by atoms with van der Waals surface area (Å²) in [5.41, 5.74) is 2.22. The van der Waals surface area contributed by atoms with E-state index in [0.29, 0.717) is 18.4 Å². The van der Waals surface area contributed by atoms with Crippen molar-refractivity contribution in [3.63, 3.8) is 0 Å². The average molecular weight is 317 g/mol. The summed E-state index contributed by atoms with van der Waals surface area (Å²) in [6, 6.07) is 9.18. The van der Waals surface area contributed by atoms with Gasteiger partial charge >= 0.3 is 5.97 Å². The van der Waals surface area contributed by atoms with Gasteiger partial charge in [-0.1, -0.05) is 45.0 Å². The summed E-state index contributed by atoms with van der Waals surface area (Å²) in [7, 11) is 2.16. The smallest absolute Gasteiger partial charge is 0.306 e. The lowest BCUT2D eigenvalue weighted by molar-refractivity contribution is -0.174. The first-order chi connectivity index (χ1) is 10.9. The van der Waals surface area contributed by atoms with Crippen molar-refractivity contribution < 1.29 is 9.53 Å². The minimum absolute atomic E-state index is 0.0845. The van der Waals surface area contributed by atoms with Crippen LogP contribution < -0.4 is 0 Å². The molecule has 3 nitrogen and oxygen atoms in total. The number of hydrogen-bond donors (Lipinski definition) is 0. The van der Waals surface area contributed by atoms with Crippen LogP contribution in [0.25, 0.3) is 0 Å². The van der Waals surface area contributed by atoms with Crippen LogP contribution in [0.1, 0.15) is 51.7 Å². The number of nitrogens with zero attached hydrogens (tertiary/aromatic N) is 1. The van der Waals surface area contributed by atoms with E-state index in [1.54, 1.807) is 0 Å². The molecule has 0 aliphatic carbocycles. The zero-order chi connectivity index (χ0) is 17.0. The first kappa shape index (κ1) is 18.0. The molecule has 23 heavy (non-hydrogen) atoms. The maximum absolute atomic E-state index is 12.1.